The molecule has 2 saturated heterocycles. The lowest BCUT2D eigenvalue weighted by Crippen LogP contribution is -2.55. The molecule has 28 heavy (non-hydrogen) atoms. The lowest BCUT2D eigenvalue weighted by molar-refractivity contribution is -0.138. The fraction of sp³-hybridized carbons (Fsp3) is 0.500. The molecule has 0 radical (unpaired) electrons. The zero-order chi connectivity index (χ0) is 19.3. The van der Waals surface area contributed by atoms with Crippen LogP contribution in [0.1, 0.15) is 24.2 Å². The summed E-state index contributed by atoms with van der Waals surface area (Å²) in [7, 11) is 1.67. The van der Waals surface area contributed by atoms with Crippen LogP contribution < -0.4 is 4.74 Å². The second kappa shape index (κ2) is 8.80. The van der Waals surface area contributed by atoms with E-state index in [0.717, 1.165) is 62.6 Å². The van der Waals surface area contributed by atoms with E-state index in [0.29, 0.717) is 19.1 Å². The Kier molecular flexibility index (Phi) is 5.98. The SMILES string of the molecule is COc1cccc(CN2CCN(C3CCN(Cc4ccco4)CC3)CC2=O)c1. The van der Waals surface area contributed by atoms with Gasteiger partial charge in [0.15, 0.2) is 0 Å². The second-order valence-electron chi connectivity index (χ2n) is 7.72. The second-order valence-corrected chi connectivity index (χ2v) is 7.72. The van der Waals surface area contributed by atoms with Crippen LogP contribution in [0.25, 0.3) is 0 Å². The molecule has 2 fully saturated rings. The lowest BCUT2D eigenvalue weighted by Gasteiger charge is -2.42. The maximum Gasteiger partial charge on any atom is 0.237 e. The summed E-state index contributed by atoms with van der Waals surface area (Å²) in [6, 6.07) is 12.5. The summed E-state index contributed by atoms with van der Waals surface area (Å²) in [5.41, 5.74) is 1.12. The Balaban J connectivity index is 1.25. The molecule has 150 valence electrons. The number of piperazine rings is 1. The van der Waals surface area contributed by atoms with Gasteiger partial charge in [0, 0.05) is 38.8 Å². The van der Waals surface area contributed by atoms with Gasteiger partial charge in [0.1, 0.15) is 11.5 Å². The Hall–Kier alpha value is -2.31. The van der Waals surface area contributed by atoms with Gasteiger partial charge in [-0.25, -0.2) is 0 Å². The lowest BCUT2D eigenvalue weighted by atomic mass is 10.0. The van der Waals surface area contributed by atoms with Gasteiger partial charge in [0.2, 0.25) is 5.91 Å². The summed E-state index contributed by atoms with van der Waals surface area (Å²) in [6.07, 6.45) is 3.96. The van der Waals surface area contributed by atoms with Gasteiger partial charge in [-0.2, -0.15) is 0 Å². The molecule has 2 aromatic rings. The van der Waals surface area contributed by atoms with Crippen molar-refractivity contribution in [2.45, 2.75) is 32.0 Å². The molecule has 0 saturated carbocycles. The van der Waals surface area contributed by atoms with Crippen molar-refractivity contribution in [3.8, 4) is 5.75 Å². The standard InChI is InChI=1S/C22H29N3O3/c1-27-20-5-2-4-18(14-20)15-25-12-11-24(17-22(25)26)19-7-9-23(10-8-19)16-21-6-3-13-28-21/h2-6,13-14,19H,7-12,15-17H2,1H3. The molecule has 0 N–H and O–H groups in total. The van der Waals surface area contributed by atoms with Crippen molar-refractivity contribution in [1.29, 1.82) is 0 Å². The van der Waals surface area contributed by atoms with E-state index < -0.39 is 0 Å². The molecular formula is C22H29N3O3. The number of carbonyl (C=O) groups excluding carboxylic acids is 1. The van der Waals surface area contributed by atoms with Gasteiger partial charge in [-0.3, -0.25) is 14.6 Å². The van der Waals surface area contributed by atoms with Gasteiger partial charge >= 0.3 is 0 Å². The maximum absolute atomic E-state index is 12.7. The Morgan fingerprint density at radius 2 is 1.93 bits per heavy atom. The monoisotopic (exact) mass is 383 g/mol. The van der Waals surface area contributed by atoms with Gasteiger partial charge in [0.25, 0.3) is 0 Å². The van der Waals surface area contributed by atoms with Crippen molar-refractivity contribution >= 4 is 5.91 Å². The summed E-state index contributed by atoms with van der Waals surface area (Å²) >= 11 is 0. The average molecular weight is 383 g/mol. The minimum absolute atomic E-state index is 0.229. The number of nitrogens with zero attached hydrogens (tertiary/aromatic N) is 3. The number of amides is 1. The molecular weight excluding hydrogens is 354 g/mol. The summed E-state index contributed by atoms with van der Waals surface area (Å²) in [4.78, 5) is 19.5. The van der Waals surface area contributed by atoms with Gasteiger partial charge in [-0.15, -0.1) is 0 Å². The van der Waals surface area contributed by atoms with Crippen molar-refractivity contribution < 1.29 is 13.9 Å². The Labute approximate surface area is 166 Å². The first-order chi connectivity index (χ1) is 13.7. The summed E-state index contributed by atoms with van der Waals surface area (Å²) in [5, 5.41) is 0. The summed E-state index contributed by atoms with van der Waals surface area (Å²) in [6.45, 7) is 5.94. The van der Waals surface area contributed by atoms with E-state index >= 15 is 0 Å². The van der Waals surface area contributed by atoms with E-state index in [1.54, 1.807) is 13.4 Å². The topological polar surface area (TPSA) is 49.2 Å². The largest absolute Gasteiger partial charge is 0.497 e. The molecule has 4 rings (SSSR count). The van der Waals surface area contributed by atoms with E-state index in [1.165, 1.54) is 0 Å². The highest BCUT2D eigenvalue weighted by Gasteiger charge is 2.31. The predicted molar refractivity (Wildman–Crippen MR) is 107 cm³/mol. The van der Waals surface area contributed by atoms with Gasteiger partial charge in [-0.1, -0.05) is 12.1 Å². The number of hydrogen-bond donors (Lipinski definition) is 0. The van der Waals surface area contributed by atoms with Crippen molar-refractivity contribution in [1.82, 2.24) is 14.7 Å². The third-order valence-electron chi connectivity index (χ3n) is 5.89. The predicted octanol–water partition coefficient (Wildman–Crippen LogP) is 2.60. The van der Waals surface area contributed by atoms with Crippen LogP contribution >= 0.6 is 0 Å². The van der Waals surface area contributed by atoms with Crippen LogP contribution in [-0.2, 0) is 17.9 Å². The first-order valence-electron chi connectivity index (χ1n) is 10.1. The van der Waals surface area contributed by atoms with E-state index in [9.17, 15) is 4.79 Å². The number of benzene rings is 1. The smallest absolute Gasteiger partial charge is 0.237 e. The highest BCUT2D eigenvalue weighted by Crippen LogP contribution is 2.21. The van der Waals surface area contributed by atoms with Crippen molar-refractivity contribution in [3.63, 3.8) is 0 Å². The summed E-state index contributed by atoms with van der Waals surface area (Å²) in [5.74, 6) is 2.09. The Morgan fingerprint density at radius 3 is 2.64 bits per heavy atom. The quantitative estimate of drug-likeness (QED) is 0.767. The number of furan rings is 1. The van der Waals surface area contributed by atoms with Gasteiger partial charge < -0.3 is 14.1 Å². The third-order valence-corrected chi connectivity index (χ3v) is 5.89. The Bertz CT molecular complexity index is 769. The molecule has 2 aliphatic rings. The van der Waals surface area contributed by atoms with Crippen LogP contribution in [0, 0.1) is 0 Å². The van der Waals surface area contributed by atoms with Crippen molar-refractivity contribution in [2.75, 3.05) is 39.8 Å². The van der Waals surface area contributed by atoms with E-state index in [-0.39, 0.29) is 5.91 Å². The molecule has 2 aliphatic heterocycles. The number of carbonyl (C=O) groups is 1. The molecule has 0 unspecified atom stereocenters. The zero-order valence-corrected chi connectivity index (χ0v) is 16.5. The maximum atomic E-state index is 12.7. The van der Waals surface area contributed by atoms with Crippen LogP contribution in [0.4, 0.5) is 0 Å². The minimum atomic E-state index is 0.229. The number of likely N-dealkylation sites (tertiary alicyclic amines) is 1. The van der Waals surface area contributed by atoms with Crippen LogP contribution in [0.5, 0.6) is 5.75 Å². The third kappa shape index (κ3) is 4.56. The highest BCUT2D eigenvalue weighted by atomic mass is 16.5. The van der Waals surface area contributed by atoms with Gasteiger partial charge in [0.05, 0.1) is 26.5 Å². The molecule has 0 aliphatic carbocycles. The molecule has 3 heterocycles. The molecule has 6 heteroatoms. The first kappa shape index (κ1) is 19.0. The number of piperidine rings is 1. The minimum Gasteiger partial charge on any atom is -0.497 e. The van der Waals surface area contributed by atoms with Crippen LogP contribution in [0.3, 0.4) is 0 Å². The normalized spacial score (nSPS) is 19.9. The molecule has 0 bridgehead atoms. The molecule has 1 amide bonds. The summed E-state index contributed by atoms with van der Waals surface area (Å²) < 4.78 is 10.7. The van der Waals surface area contributed by atoms with E-state index in [2.05, 4.69) is 15.9 Å². The van der Waals surface area contributed by atoms with Gasteiger partial charge in [-0.05, 0) is 42.7 Å². The number of ether oxygens (including phenoxy) is 1. The van der Waals surface area contributed by atoms with Crippen LogP contribution in [-0.4, -0.2) is 66.5 Å². The van der Waals surface area contributed by atoms with E-state index in [1.807, 2.05) is 35.2 Å². The fourth-order valence-electron chi connectivity index (χ4n) is 4.26. The molecule has 0 spiro atoms. The number of hydrogen-bond acceptors (Lipinski definition) is 5. The molecule has 6 nitrogen and oxygen atoms in total. The molecule has 0 atom stereocenters. The molecule has 1 aromatic carbocycles. The van der Waals surface area contributed by atoms with Crippen LogP contribution in [0.15, 0.2) is 47.1 Å². The highest BCUT2D eigenvalue weighted by molar-refractivity contribution is 5.79. The van der Waals surface area contributed by atoms with E-state index in [4.69, 9.17) is 9.15 Å². The number of rotatable bonds is 6. The molecule has 1 aromatic heterocycles. The van der Waals surface area contributed by atoms with Crippen LogP contribution in [0.2, 0.25) is 0 Å². The zero-order valence-electron chi connectivity index (χ0n) is 16.5. The first-order valence-corrected chi connectivity index (χ1v) is 10.1. The van der Waals surface area contributed by atoms with Crippen molar-refractivity contribution in [2.24, 2.45) is 0 Å². The Morgan fingerprint density at radius 1 is 1.07 bits per heavy atom. The van der Waals surface area contributed by atoms with Crippen molar-refractivity contribution in [3.05, 3.63) is 54.0 Å². The fourth-order valence-corrected chi connectivity index (χ4v) is 4.26. The average Bonchev–Trinajstić information content (AvgIpc) is 3.23. The number of methoxy groups -OCH3 is 1.